The van der Waals surface area contributed by atoms with Gasteiger partial charge in [-0.3, -0.25) is 4.98 Å². The van der Waals surface area contributed by atoms with E-state index in [2.05, 4.69) is 27.8 Å². The molecule has 0 unspecified atom stereocenters. The lowest BCUT2D eigenvalue weighted by Crippen LogP contribution is -2.31. The molecule has 0 bridgehead atoms. The first-order valence-electron chi connectivity index (χ1n) is 10.1. The third-order valence-electron chi connectivity index (χ3n) is 4.81. The zero-order chi connectivity index (χ0) is 21.5. The van der Waals surface area contributed by atoms with Crippen molar-refractivity contribution in [3.8, 4) is 11.4 Å². The number of hydrogen-bond donors (Lipinski definition) is 2. The van der Waals surface area contributed by atoms with E-state index in [1.54, 1.807) is 30.8 Å². The lowest BCUT2D eigenvalue weighted by molar-refractivity contribution is 0.234. The van der Waals surface area contributed by atoms with Gasteiger partial charge in [-0.05, 0) is 24.1 Å². The van der Waals surface area contributed by atoms with Crippen LogP contribution in [-0.2, 0) is 11.2 Å². The molecule has 0 radical (unpaired) electrons. The predicted molar refractivity (Wildman–Crippen MR) is 128 cm³/mol. The lowest BCUT2D eigenvalue weighted by atomic mass is 10.1. The Morgan fingerprint density at radius 1 is 1.13 bits per heavy atom. The summed E-state index contributed by atoms with van der Waals surface area (Å²) in [5.41, 5.74) is 10.5. The number of pyridine rings is 1. The molecule has 6 nitrogen and oxygen atoms in total. The molecule has 4 aromatic rings. The highest BCUT2D eigenvalue weighted by molar-refractivity contribution is 7.18. The van der Waals surface area contributed by atoms with Crippen LogP contribution in [0.3, 0.4) is 0 Å². The summed E-state index contributed by atoms with van der Waals surface area (Å²) in [5.74, 6) is 1.46. The summed E-state index contributed by atoms with van der Waals surface area (Å²) >= 11 is 1.63. The van der Waals surface area contributed by atoms with Crippen LogP contribution in [0.4, 0.5) is 5.82 Å². The summed E-state index contributed by atoms with van der Waals surface area (Å²) in [6, 6.07) is 14.1. The summed E-state index contributed by atoms with van der Waals surface area (Å²) in [4.78, 5) is 13.8. The number of hydrogen-bond acceptors (Lipinski definition) is 7. The molecule has 0 aliphatic carbocycles. The maximum atomic E-state index is 6.40. The topological polar surface area (TPSA) is 86.0 Å². The van der Waals surface area contributed by atoms with Crippen LogP contribution < -0.4 is 11.1 Å². The van der Waals surface area contributed by atoms with E-state index in [0.717, 1.165) is 33.6 Å². The normalized spacial score (nSPS) is 12.5. The van der Waals surface area contributed by atoms with Gasteiger partial charge in [0, 0.05) is 48.6 Å². The van der Waals surface area contributed by atoms with Gasteiger partial charge in [0.2, 0.25) is 0 Å². The van der Waals surface area contributed by atoms with Gasteiger partial charge in [-0.2, -0.15) is 0 Å². The van der Waals surface area contributed by atoms with E-state index in [4.69, 9.17) is 20.4 Å². The first kappa shape index (κ1) is 21.1. The smallest absolute Gasteiger partial charge is 0.162 e. The van der Waals surface area contributed by atoms with Gasteiger partial charge in [0.25, 0.3) is 0 Å². The molecule has 158 valence electrons. The summed E-state index contributed by atoms with van der Waals surface area (Å²) in [7, 11) is 1.68. The molecule has 4 rings (SSSR count). The number of methoxy groups -OCH3 is 1. The van der Waals surface area contributed by atoms with Gasteiger partial charge in [0.05, 0.1) is 16.8 Å². The number of aromatic nitrogens is 3. The Hall–Kier alpha value is -3.13. The molecular formula is C24H25N5OS. The molecule has 0 spiro atoms. The van der Waals surface area contributed by atoms with Crippen molar-refractivity contribution >= 4 is 33.4 Å². The maximum absolute atomic E-state index is 6.40. The third-order valence-corrected chi connectivity index (χ3v) is 5.81. The highest BCUT2D eigenvalue weighted by Crippen LogP contribution is 2.33. The molecule has 7 heteroatoms. The fourth-order valence-electron chi connectivity index (χ4n) is 3.29. The highest BCUT2D eigenvalue weighted by atomic mass is 32.1. The Morgan fingerprint density at radius 3 is 2.71 bits per heavy atom. The van der Waals surface area contributed by atoms with Crippen molar-refractivity contribution < 1.29 is 4.74 Å². The minimum absolute atomic E-state index is 0.0298. The number of nitrogens with two attached hydrogens (primary N) is 1. The third kappa shape index (κ3) is 5.32. The largest absolute Gasteiger partial charge is 0.381 e. The van der Waals surface area contributed by atoms with Crippen LogP contribution in [-0.4, -0.2) is 41.3 Å². The molecule has 0 fully saturated rings. The summed E-state index contributed by atoms with van der Waals surface area (Å²) < 4.78 is 6.15. The average molecular weight is 432 g/mol. The van der Waals surface area contributed by atoms with Crippen molar-refractivity contribution in [3.63, 3.8) is 0 Å². The van der Waals surface area contributed by atoms with Crippen molar-refractivity contribution in [2.24, 2.45) is 5.73 Å². The van der Waals surface area contributed by atoms with Gasteiger partial charge in [-0.25, -0.2) is 9.97 Å². The number of ether oxygens (including phenoxy) is 1. The van der Waals surface area contributed by atoms with E-state index < -0.39 is 0 Å². The molecule has 3 aromatic heterocycles. The van der Waals surface area contributed by atoms with Crippen LogP contribution in [0.1, 0.15) is 11.1 Å². The SMILES string of the molecule is COC/C=C/c1csc2c(NC[C@@H](N)Cc3ccccc3)nc(-c3ccncc3)nc12. The zero-order valence-corrected chi connectivity index (χ0v) is 18.2. The number of rotatable bonds is 9. The molecule has 0 amide bonds. The number of nitrogens with zero attached hydrogens (tertiary/aromatic N) is 3. The molecular weight excluding hydrogens is 406 g/mol. The van der Waals surface area contributed by atoms with Gasteiger partial charge >= 0.3 is 0 Å². The van der Waals surface area contributed by atoms with Crippen LogP contribution in [0.5, 0.6) is 0 Å². The van der Waals surface area contributed by atoms with Crippen LogP contribution in [0.25, 0.3) is 27.7 Å². The molecule has 1 atom stereocenters. The van der Waals surface area contributed by atoms with E-state index in [1.165, 1.54) is 5.56 Å². The number of benzene rings is 1. The van der Waals surface area contributed by atoms with E-state index in [1.807, 2.05) is 42.5 Å². The Labute approximate surface area is 185 Å². The standard InChI is InChI=1S/C24H25N5OS/c1-30-13-5-8-19-16-31-22-21(19)28-23(18-9-11-26-12-10-18)29-24(22)27-15-20(25)14-17-6-3-2-4-7-17/h2-12,16,20H,13-15,25H2,1H3,(H,27,28,29)/b8-5+/t20-/m0/s1. The average Bonchev–Trinajstić information content (AvgIpc) is 3.22. The van der Waals surface area contributed by atoms with Crippen LogP contribution >= 0.6 is 11.3 Å². The van der Waals surface area contributed by atoms with Gasteiger partial charge in [0.1, 0.15) is 5.82 Å². The number of fused-ring (bicyclic) bond motifs is 1. The summed E-state index contributed by atoms with van der Waals surface area (Å²) in [5, 5.41) is 5.56. The Kier molecular flexibility index (Phi) is 6.99. The molecule has 3 N–H and O–H groups in total. The zero-order valence-electron chi connectivity index (χ0n) is 17.4. The van der Waals surface area contributed by atoms with Gasteiger partial charge in [0.15, 0.2) is 5.82 Å². The molecule has 0 aliphatic rings. The molecule has 0 saturated heterocycles. The molecule has 1 aromatic carbocycles. The number of thiophene rings is 1. The molecule has 0 aliphatic heterocycles. The van der Waals surface area contributed by atoms with E-state index in [-0.39, 0.29) is 6.04 Å². The lowest BCUT2D eigenvalue weighted by Gasteiger charge is -2.14. The second-order valence-corrected chi connectivity index (χ2v) is 8.07. The number of anilines is 1. The molecule has 3 heterocycles. The van der Waals surface area contributed by atoms with E-state index >= 15 is 0 Å². The fraction of sp³-hybridized carbons (Fsp3) is 0.208. The monoisotopic (exact) mass is 431 g/mol. The van der Waals surface area contributed by atoms with Gasteiger partial charge in [-0.1, -0.05) is 42.5 Å². The van der Waals surface area contributed by atoms with E-state index in [0.29, 0.717) is 19.0 Å². The van der Waals surface area contributed by atoms with Crippen molar-refractivity contribution in [1.29, 1.82) is 0 Å². The van der Waals surface area contributed by atoms with Crippen molar-refractivity contribution in [1.82, 2.24) is 15.0 Å². The van der Waals surface area contributed by atoms with Crippen LogP contribution in [0.15, 0.2) is 66.3 Å². The van der Waals surface area contributed by atoms with Crippen LogP contribution in [0.2, 0.25) is 0 Å². The number of nitrogens with one attached hydrogen (secondary N) is 1. The van der Waals surface area contributed by atoms with Crippen LogP contribution in [0, 0.1) is 0 Å². The summed E-state index contributed by atoms with van der Waals surface area (Å²) in [6.45, 7) is 1.17. The van der Waals surface area contributed by atoms with E-state index in [9.17, 15) is 0 Å². The minimum Gasteiger partial charge on any atom is -0.381 e. The quantitative estimate of drug-likeness (QED) is 0.409. The van der Waals surface area contributed by atoms with Crippen molar-refractivity contribution in [3.05, 3.63) is 77.4 Å². The Balaban J connectivity index is 1.63. The van der Waals surface area contributed by atoms with Gasteiger partial charge < -0.3 is 15.8 Å². The van der Waals surface area contributed by atoms with Gasteiger partial charge in [-0.15, -0.1) is 11.3 Å². The second kappa shape index (κ2) is 10.3. The molecule has 31 heavy (non-hydrogen) atoms. The molecule has 0 saturated carbocycles. The second-order valence-electron chi connectivity index (χ2n) is 7.19. The fourth-order valence-corrected chi connectivity index (χ4v) is 4.23. The maximum Gasteiger partial charge on any atom is 0.162 e. The summed E-state index contributed by atoms with van der Waals surface area (Å²) in [6.07, 6.45) is 8.32. The first-order chi connectivity index (χ1) is 15.2. The Bertz CT molecular complexity index is 1140. The van der Waals surface area contributed by atoms with Crippen molar-refractivity contribution in [2.45, 2.75) is 12.5 Å². The Morgan fingerprint density at radius 2 is 1.94 bits per heavy atom. The van der Waals surface area contributed by atoms with Crippen molar-refractivity contribution in [2.75, 3.05) is 25.6 Å². The highest BCUT2D eigenvalue weighted by Gasteiger charge is 2.15. The first-order valence-corrected chi connectivity index (χ1v) is 11.0. The predicted octanol–water partition coefficient (Wildman–Crippen LogP) is 4.39. The minimum atomic E-state index is -0.0298.